The lowest BCUT2D eigenvalue weighted by atomic mass is 9.93. The highest BCUT2D eigenvalue weighted by atomic mass is 35.5. The number of anilines is 1. The van der Waals surface area contributed by atoms with E-state index in [0.29, 0.717) is 17.4 Å². The highest BCUT2D eigenvalue weighted by Gasteiger charge is 2.32. The number of carbonyl (C=O) groups is 1. The SMILES string of the molecule is CC1OCCC1C(Cl)c1ccc2c(c1)NC(=O)CO2. The number of carbonyl (C=O) groups excluding carboxylic acids is 1. The predicted octanol–water partition coefficient (Wildman–Crippen LogP) is 2.72. The minimum atomic E-state index is -0.131. The molecule has 5 heteroatoms. The summed E-state index contributed by atoms with van der Waals surface area (Å²) in [6.07, 6.45) is 1.14. The van der Waals surface area contributed by atoms with Crippen LogP contribution in [0.2, 0.25) is 0 Å². The van der Waals surface area contributed by atoms with Crippen LogP contribution in [0.1, 0.15) is 24.3 Å². The molecular formula is C14H16ClNO3. The van der Waals surface area contributed by atoms with Crippen molar-refractivity contribution >= 4 is 23.2 Å². The lowest BCUT2D eigenvalue weighted by Crippen LogP contribution is -2.25. The lowest BCUT2D eigenvalue weighted by molar-refractivity contribution is -0.118. The molecule has 3 rings (SSSR count). The highest BCUT2D eigenvalue weighted by molar-refractivity contribution is 6.21. The van der Waals surface area contributed by atoms with Crippen LogP contribution in [0.15, 0.2) is 18.2 Å². The number of alkyl halides is 1. The Morgan fingerprint density at radius 2 is 2.32 bits per heavy atom. The summed E-state index contributed by atoms with van der Waals surface area (Å²) < 4.78 is 10.9. The van der Waals surface area contributed by atoms with E-state index in [0.717, 1.165) is 18.6 Å². The third kappa shape index (κ3) is 2.42. The molecule has 2 heterocycles. The largest absolute Gasteiger partial charge is 0.482 e. The van der Waals surface area contributed by atoms with Crippen molar-refractivity contribution in [3.05, 3.63) is 23.8 Å². The van der Waals surface area contributed by atoms with Crippen molar-refractivity contribution in [2.24, 2.45) is 5.92 Å². The number of halogens is 1. The molecule has 0 aliphatic carbocycles. The fourth-order valence-corrected chi connectivity index (χ4v) is 3.12. The summed E-state index contributed by atoms with van der Waals surface area (Å²) in [5.74, 6) is 0.871. The molecule has 3 unspecified atom stereocenters. The van der Waals surface area contributed by atoms with Crippen molar-refractivity contribution in [3.63, 3.8) is 0 Å². The summed E-state index contributed by atoms with van der Waals surface area (Å²) in [6, 6.07) is 5.72. The molecule has 1 amide bonds. The van der Waals surface area contributed by atoms with E-state index in [1.165, 1.54) is 0 Å². The van der Waals surface area contributed by atoms with Gasteiger partial charge in [0.1, 0.15) is 5.75 Å². The van der Waals surface area contributed by atoms with Gasteiger partial charge in [0.2, 0.25) is 0 Å². The monoisotopic (exact) mass is 281 g/mol. The van der Waals surface area contributed by atoms with Gasteiger partial charge in [-0.25, -0.2) is 0 Å². The van der Waals surface area contributed by atoms with E-state index in [1.54, 1.807) is 0 Å². The van der Waals surface area contributed by atoms with Crippen LogP contribution in [0.3, 0.4) is 0 Å². The van der Waals surface area contributed by atoms with Crippen LogP contribution in [0.25, 0.3) is 0 Å². The molecule has 0 radical (unpaired) electrons. The van der Waals surface area contributed by atoms with E-state index in [4.69, 9.17) is 21.1 Å². The van der Waals surface area contributed by atoms with Crippen molar-refractivity contribution in [1.82, 2.24) is 0 Å². The molecule has 1 N–H and O–H groups in total. The van der Waals surface area contributed by atoms with Crippen LogP contribution in [0.4, 0.5) is 5.69 Å². The first-order valence-corrected chi connectivity index (χ1v) is 6.91. The molecule has 1 fully saturated rings. The van der Waals surface area contributed by atoms with Crippen molar-refractivity contribution in [1.29, 1.82) is 0 Å². The minimum absolute atomic E-state index is 0.0736. The van der Waals surface area contributed by atoms with Crippen LogP contribution < -0.4 is 10.1 Å². The highest BCUT2D eigenvalue weighted by Crippen LogP contribution is 2.40. The molecule has 4 nitrogen and oxygen atoms in total. The van der Waals surface area contributed by atoms with Crippen LogP contribution in [0.5, 0.6) is 5.75 Å². The lowest BCUT2D eigenvalue weighted by Gasteiger charge is -2.23. The first-order valence-electron chi connectivity index (χ1n) is 6.47. The van der Waals surface area contributed by atoms with E-state index < -0.39 is 0 Å². The maximum Gasteiger partial charge on any atom is 0.262 e. The smallest absolute Gasteiger partial charge is 0.262 e. The zero-order valence-corrected chi connectivity index (χ0v) is 11.4. The summed E-state index contributed by atoms with van der Waals surface area (Å²) >= 11 is 6.55. The molecule has 3 atom stereocenters. The maximum atomic E-state index is 11.3. The average molecular weight is 282 g/mol. The van der Waals surface area contributed by atoms with E-state index in [2.05, 4.69) is 12.2 Å². The fraction of sp³-hybridized carbons (Fsp3) is 0.500. The molecule has 0 spiro atoms. The molecule has 102 valence electrons. The number of hydrogen-bond donors (Lipinski definition) is 1. The first kappa shape index (κ1) is 12.8. The first-order chi connectivity index (χ1) is 9.15. The second-order valence-corrected chi connectivity index (χ2v) is 5.49. The number of ether oxygens (including phenoxy) is 2. The molecule has 0 aromatic heterocycles. The Morgan fingerprint density at radius 3 is 3.05 bits per heavy atom. The Bertz CT molecular complexity index is 505. The number of hydrogen-bond acceptors (Lipinski definition) is 3. The molecular weight excluding hydrogens is 266 g/mol. The summed E-state index contributed by atoms with van der Waals surface area (Å²) in [6.45, 7) is 2.89. The fourth-order valence-electron chi connectivity index (χ4n) is 2.65. The number of nitrogens with one attached hydrogen (secondary N) is 1. The molecule has 0 bridgehead atoms. The Kier molecular flexibility index (Phi) is 3.37. The van der Waals surface area contributed by atoms with E-state index >= 15 is 0 Å². The van der Waals surface area contributed by atoms with Crippen LogP contribution in [0, 0.1) is 5.92 Å². The van der Waals surface area contributed by atoms with Gasteiger partial charge in [-0.15, -0.1) is 11.6 Å². The third-order valence-corrected chi connectivity index (χ3v) is 4.34. The molecule has 19 heavy (non-hydrogen) atoms. The van der Waals surface area contributed by atoms with Gasteiger partial charge in [0.15, 0.2) is 6.61 Å². The van der Waals surface area contributed by atoms with Crippen LogP contribution in [-0.4, -0.2) is 25.2 Å². The van der Waals surface area contributed by atoms with E-state index in [9.17, 15) is 4.79 Å². The van der Waals surface area contributed by atoms with Crippen LogP contribution >= 0.6 is 11.6 Å². The van der Waals surface area contributed by atoms with Crippen molar-refractivity contribution < 1.29 is 14.3 Å². The number of rotatable bonds is 2. The van der Waals surface area contributed by atoms with Gasteiger partial charge >= 0.3 is 0 Å². The van der Waals surface area contributed by atoms with Gasteiger partial charge in [0.25, 0.3) is 5.91 Å². The summed E-state index contributed by atoms with van der Waals surface area (Å²) in [7, 11) is 0. The zero-order valence-electron chi connectivity index (χ0n) is 10.7. The Labute approximate surface area is 117 Å². The van der Waals surface area contributed by atoms with Gasteiger partial charge < -0.3 is 14.8 Å². The van der Waals surface area contributed by atoms with Gasteiger partial charge in [0, 0.05) is 12.5 Å². The number of benzene rings is 1. The Morgan fingerprint density at radius 1 is 1.47 bits per heavy atom. The second kappa shape index (κ2) is 5.02. The average Bonchev–Trinajstić information content (AvgIpc) is 2.83. The zero-order chi connectivity index (χ0) is 13.4. The third-order valence-electron chi connectivity index (χ3n) is 3.77. The van der Waals surface area contributed by atoms with Crippen molar-refractivity contribution in [2.75, 3.05) is 18.5 Å². The predicted molar refractivity (Wildman–Crippen MR) is 72.7 cm³/mol. The van der Waals surface area contributed by atoms with Crippen molar-refractivity contribution in [2.45, 2.75) is 24.8 Å². The normalized spacial score (nSPS) is 27.4. The van der Waals surface area contributed by atoms with Gasteiger partial charge in [-0.2, -0.15) is 0 Å². The van der Waals surface area contributed by atoms with Gasteiger partial charge in [-0.3, -0.25) is 4.79 Å². The standard InChI is InChI=1S/C14H16ClNO3/c1-8-10(4-5-18-8)14(15)9-2-3-12-11(6-9)16-13(17)7-19-12/h2-3,6,8,10,14H,4-5,7H2,1H3,(H,16,17). The topological polar surface area (TPSA) is 47.6 Å². The molecule has 1 aromatic rings. The Balaban J connectivity index is 1.85. The molecule has 1 saturated heterocycles. The van der Waals surface area contributed by atoms with Gasteiger partial charge in [0.05, 0.1) is 17.2 Å². The summed E-state index contributed by atoms with van der Waals surface area (Å²) in [5, 5.41) is 2.69. The maximum absolute atomic E-state index is 11.3. The second-order valence-electron chi connectivity index (χ2n) is 5.02. The number of fused-ring (bicyclic) bond motifs is 1. The molecule has 1 aromatic carbocycles. The minimum Gasteiger partial charge on any atom is -0.482 e. The van der Waals surface area contributed by atoms with E-state index in [1.807, 2.05) is 18.2 Å². The van der Waals surface area contributed by atoms with E-state index in [-0.39, 0.29) is 24.0 Å². The van der Waals surface area contributed by atoms with Gasteiger partial charge in [-0.05, 0) is 31.0 Å². The van der Waals surface area contributed by atoms with Crippen LogP contribution in [-0.2, 0) is 9.53 Å². The summed E-state index contributed by atoms with van der Waals surface area (Å²) in [5.41, 5.74) is 1.69. The molecule has 2 aliphatic rings. The molecule has 2 aliphatic heterocycles. The van der Waals surface area contributed by atoms with Gasteiger partial charge in [-0.1, -0.05) is 6.07 Å². The summed E-state index contributed by atoms with van der Waals surface area (Å²) in [4.78, 5) is 11.3. The Hall–Kier alpha value is -1.26. The number of amides is 1. The molecule has 0 saturated carbocycles. The quantitative estimate of drug-likeness (QED) is 0.848. The van der Waals surface area contributed by atoms with Crippen molar-refractivity contribution in [3.8, 4) is 5.75 Å².